The summed E-state index contributed by atoms with van der Waals surface area (Å²) in [4.78, 5) is 12.0. The van der Waals surface area contributed by atoms with Crippen molar-refractivity contribution in [2.24, 2.45) is 0 Å². The third-order valence-electron chi connectivity index (χ3n) is 5.55. The molecule has 2 N–H and O–H groups in total. The van der Waals surface area contributed by atoms with Crippen LogP contribution in [0.15, 0.2) is 36.4 Å². The van der Waals surface area contributed by atoms with Gasteiger partial charge in [0.2, 0.25) is 5.91 Å². The molecule has 8 heteroatoms. The maximum absolute atomic E-state index is 12.0. The summed E-state index contributed by atoms with van der Waals surface area (Å²) in [5.41, 5.74) is 4.60. The standard InChI is InChI=1S/C25H26N4O3S/c1-15(2)32-22-10-9-16(13-17(22)14-26)24-28-29-25(33-24)20-7-3-6-19-18(20)5-4-8-21(19)27-23(31)11-12-30/h3,6-7,9-10,13,15,21,30H,4-5,8,11-12H2,1-2H3,(H,27,31). The van der Waals surface area contributed by atoms with Gasteiger partial charge in [0.1, 0.15) is 21.8 Å². The average Bonchev–Trinajstić information content (AvgIpc) is 3.29. The molecular formula is C25H26N4O3S. The molecule has 1 aliphatic carbocycles. The number of carbonyl (C=O) groups is 1. The lowest BCUT2D eigenvalue weighted by atomic mass is 9.85. The van der Waals surface area contributed by atoms with Gasteiger partial charge in [0.15, 0.2) is 0 Å². The number of hydrogen-bond donors (Lipinski definition) is 2. The van der Waals surface area contributed by atoms with E-state index >= 15 is 0 Å². The van der Waals surface area contributed by atoms with Gasteiger partial charge in [-0.15, -0.1) is 10.2 Å². The highest BCUT2D eigenvalue weighted by molar-refractivity contribution is 7.17. The molecule has 1 aliphatic rings. The van der Waals surface area contributed by atoms with E-state index in [0.717, 1.165) is 46.0 Å². The van der Waals surface area contributed by atoms with Crippen molar-refractivity contribution in [2.75, 3.05) is 6.61 Å². The zero-order valence-electron chi connectivity index (χ0n) is 18.7. The number of aliphatic hydroxyl groups excluding tert-OH is 1. The number of carbonyl (C=O) groups excluding carboxylic acids is 1. The number of nitrogens with one attached hydrogen (secondary N) is 1. The largest absolute Gasteiger partial charge is 0.490 e. The van der Waals surface area contributed by atoms with Crippen LogP contribution in [0.3, 0.4) is 0 Å². The Labute approximate surface area is 197 Å². The SMILES string of the molecule is CC(C)Oc1ccc(-c2nnc(-c3cccc4c3CCCC4NC(=O)CCO)s2)cc1C#N. The van der Waals surface area contributed by atoms with Crippen molar-refractivity contribution in [3.8, 4) is 33.0 Å². The minimum Gasteiger partial charge on any atom is -0.490 e. The van der Waals surface area contributed by atoms with Crippen LogP contribution < -0.4 is 10.1 Å². The van der Waals surface area contributed by atoms with E-state index in [1.54, 1.807) is 12.1 Å². The van der Waals surface area contributed by atoms with Crippen molar-refractivity contribution in [3.05, 3.63) is 53.1 Å². The van der Waals surface area contributed by atoms with Gasteiger partial charge in [0, 0.05) is 17.5 Å². The smallest absolute Gasteiger partial charge is 0.222 e. The van der Waals surface area contributed by atoms with Crippen LogP contribution in [0, 0.1) is 11.3 Å². The van der Waals surface area contributed by atoms with E-state index < -0.39 is 0 Å². The monoisotopic (exact) mass is 462 g/mol. The topological polar surface area (TPSA) is 108 Å². The quantitative estimate of drug-likeness (QED) is 0.539. The van der Waals surface area contributed by atoms with Gasteiger partial charge in [-0.2, -0.15) is 5.26 Å². The molecule has 3 aromatic rings. The van der Waals surface area contributed by atoms with Crippen LogP contribution in [0.25, 0.3) is 21.1 Å². The van der Waals surface area contributed by atoms with Crippen LogP contribution in [0.1, 0.15) is 55.8 Å². The summed E-state index contributed by atoms with van der Waals surface area (Å²) >= 11 is 1.48. The van der Waals surface area contributed by atoms with Gasteiger partial charge in [0.05, 0.1) is 24.3 Å². The molecule has 1 amide bonds. The number of nitriles is 1. The zero-order chi connectivity index (χ0) is 23.4. The van der Waals surface area contributed by atoms with Crippen LogP contribution in [-0.2, 0) is 11.2 Å². The van der Waals surface area contributed by atoms with Crippen molar-refractivity contribution < 1.29 is 14.6 Å². The lowest BCUT2D eigenvalue weighted by Gasteiger charge is -2.27. The number of nitrogens with zero attached hydrogens (tertiary/aromatic N) is 3. The number of aromatic nitrogens is 2. The van der Waals surface area contributed by atoms with Crippen LogP contribution in [-0.4, -0.2) is 33.9 Å². The second-order valence-corrected chi connectivity index (χ2v) is 9.24. The molecule has 1 aromatic heterocycles. The number of ether oxygens (including phenoxy) is 1. The highest BCUT2D eigenvalue weighted by Gasteiger charge is 2.25. The van der Waals surface area contributed by atoms with Gasteiger partial charge in [-0.25, -0.2) is 0 Å². The molecule has 7 nitrogen and oxygen atoms in total. The first-order chi connectivity index (χ1) is 16.0. The van der Waals surface area contributed by atoms with Crippen molar-refractivity contribution in [1.82, 2.24) is 15.5 Å². The van der Waals surface area contributed by atoms with Gasteiger partial charge in [-0.1, -0.05) is 29.5 Å². The van der Waals surface area contributed by atoms with Crippen molar-refractivity contribution in [2.45, 2.75) is 51.7 Å². The Kier molecular flexibility index (Phi) is 7.02. The van der Waals surface area contributed by atoms with Crippen LogP contribution in [0.4, 0.5) is 0 Å². The lowest BCUT2D eigenvalue weighted by Crippen LogP contribution is -2.31. The van der Waals surface area contributed by atoms with Gasteiger partial charge >= 0.3 is 0 Å². The number of fused-ring (bicyclic) bond motifs is 1. The minimum atomic E-state index is -0.156. The molecule has 2 aromatic carbocycles. The molecule has 0 saturated carbocycles. The summed E-state index contributed by atoms with van der Waals surface area (Å²) in [5, 5.41) is 32.0. The van der Waals surface area contributed by atoms with E-state index in [-0.39, 0.29) is 31.1 Å². The molecule has 33 heavy (non-hydrogen) atoms. The van der Waals surface area contributed by atoms with Gasteiger partial charge in [-0.05, 0) is 62.4 Å². The highest BCUT2D eigenvalue weighted by atomic mass is 32.1. The predicted molar refractivity (Wildman–Crippen MR) is 127 cm³/mol. The van der Waals surface area contributed by atoms with Crippen LogP contribution >= 0.6 is 11.3 Å². The minimum absolute atomic E-state index is 0.0161. The second-order valence-electron chi connectivity index (χ2n) is 8.26. The summed E-state index contributed by atoms with van der Waals surface area (Å²) < 4.78 is 5.72. The molecule has 170 valence electrons. The molecular weight excluding hydrogens is 436 g/mol. The number of aliphatic hydroxyl groups is 1. The normalized spacial score (nSPS) is 15.1. The van der Waals surface area contributed by atoms with Crippen molar-refractivity contribution in [3.63, 3.8) is 0 Å². The summed E-state index contributed by atoms with van der Waals surface area (Å²) in [6, 6.07) is 13.7. The maximum atomic E-state index is 12.0. The fraction of sp³-hybridized carbons (Fsp3) is 0.360. The van der Waals surface area contributed by atoms with Crippen LogP contribution in [0.5, 0.6) is 5.75 Å². The number of amides is 1. The van der Waals surface area contributed by atoms with Gasteiger partial charge < -0.3 is 15.2 Å². The van der Waals surface area contributed by atoms with Crippen molar-refractivity contribution >= 4 is 17.2 Å². The van der Waals surface area contributed by atoms with E-state index in [1.165, 1.54) is 16.9 Å². The fourth-order valence-corrected chi connectivity index (χ4v) is 5.02. The molecule has 0 saturated heterocycles. The van der Waals surface area contributed by atoms with E-state index in [2.05, 4.69) is 27.6 Å². The second kappa shape index (κ2) is 10.1. The Balaban J connectivity index is 1.64. The molecule has 0 bridgehead atoms. The van der Waals surface area contributed by atoms with E-state index in [1.807, 2.05) is 32.0 Å². The third-order valence-corrected chi connectivity index (χ3v) is 6.55. The Bertz CT molecular complexity index is 1200. The highest BCUT2D eigenvalue weighted by Crippen LogP contribution is 2.39. The summed E-state index contributed by atoms with van der Waals surface area (Å²) in [5.74, 6) is 0.421. The summed E-state index contributed by atoms with van der Waals surface area (Å²) in [7, 11) is 0. The van der Waals surface area contributed by atoms with E-state index in [9.17, 15) is 10.1 Å². The molecule has 1 atom stereocenters. The molecule has 1 unspecified atom stereocenters. The average molecular weight is 463 g/mol. The predicted octanol–water partition coefficient (Wildman–Crippen LogP) is 4.41. The summed E-state index contributed by atoms with van der Waals surface area (Å²) in [6.45, 7) is 3.70. The lowest BCUT2D eigenvalue weighted by molar-refractivity contribution is -0.122. The van der Waals surface area contributed by atoms with E-state index in [4.69, 9.17) is 9.84 Å². The van der Waals surface area contributed by atoms with Crippen molar-refractivity contribution in [1.29, 1.82) is 5.26 Å². The Morgan fingerprint density at radius 3 is 2.88 bits per heavy atom. The van der Waals surface area contributed by atoms with Crippen LogP contribution in [0.2, 0.25) is 0 Å². The number of hydrogen-bond acceptors (Lipinski definition) is 7. The molecule has 0 fully saturated rings. The van der Waals surface area contributed by atoms with Gasteiger partial charge in [0.25, 0.3) is 0 Å². The third kappa shape index (κ3) is 5.05. The molecule has 0 radical (unpaired) electrons. The Morgan fingerprint density at radius 2 is 2.12 bits per heavy atom. The van der Waals surface area contributed by atoms with E-state index in [0.29, 0.717) is 11.3 Å². The molecule has 1 heterocycles. The molecule has 4 rings (SSSR count). The molecule has 0 spiro atoms. The maximum Gasteiger partial charge on any atom is 0.222 e. The fourth-order valence-electron chi connectivity index (χ4n) is 4.12. The Hall–Kier alpha value is -3.28. The first-order valence-electron chi connectivity index (χ1n) is 11.1. The first kappa shape index (κ1) is 22.9. The number of benzene rings is 2. The number of rotatable bonds is 7. The zero-order valence-corrected chi connectivity index (χ0v) is 19.5. The molecule has 0 aliphatic heterocycles. The Morgan fingerprint density at radius 1 is 1.30 bits per heavy atom. The first-order valence-corrected chi connectivity index (χ1v) is 11.9. The summed E-state index contributed by atoms with van der Waals surface area (Å²) in [6.07, 6.45) is 2.83. The van der Waals surface area contributed by atoms with Gasteiger partial charge in [-0.3, -0.25) is 4.79 Å².